The van der Waals surface area contributed by atoms with Gasteiger partial charge in [0.15, 0.2) is 0 Å². The summed E-state index contributed by atoms with van der Waals surface area (Å²) in [6, 6.07) is 0. The van der Waals surface area contributed by atoms with Crippen molar-refractivity contribution in [3.63, 3.8) is 0 Å². The van der Waals surface area contributed by atoms with Gasteiger partial charge in [0.1, 0.15) is 0 Å². The van der Waals surface area contributed by atoms with Crippen molar-refractivity contribution in [1.82, 2.24) is 0 Å². The van der Waals surface area contributed by atoms with Crippen molar-refractivity contribution < 1.29 is 39.4 Å². The fourth-order valence-corrected chi connectivity index (χ4v) is 0.658. The van der Waals surface area contributed by atoms with E-state index in [1.54, 1.807) is 0 Å². The van der Waals surface area contributed by atoms with Crippen LogP contribution in [0.3, 0.4) is 0 Å². The minimum atomic E-state index is -1.48. The zero-order chi connectivity index (χ0) is 5.70. The molecule has 0 aromatic heterocycles. The zero-order valence-corrected chi connectivity index (χ0v) is 8.68. The van der Waals surface area contributed by atoms with Gasteiger partial charge in [-0.3, -0.25) is 0 Å². The topological polar surface area (TPSA) is 26.3 Å². The van der Waals surface area contributed by atoms with Gasteiger partial charge in [0.05, 0.1) is 0 Å². The zero-order valence-electron chi connectivity index (χ0n) is 6.05. The summed E-state index contributed by atoms with van der Waals surface area (Å²) in [6.45, 7) is 2.43. The average molecular weight is 163 g/mol. The van der Waals surface area contributed by atoms with E-state index in [1.165, 1.54) is 0 Å². The van der Waals surface area contributed by atoms with Gasteiger partial charge in [-0.15, -0.1) is 0 Å². The Kier molecular flexibility index (Phi) is 12.5. The summed E-state index contributed by atoms with van der Waals surface area (Å²) >= 11 is 4.19. The van der Waals surface area contributed by atoms with Crippen molar-refractivity contribution in [2.24, 2.45) is 0 Å². The Labute approximate surface area is 79.7 Å². The molecule has 2 nitrogen and oxygen atoms in total. The SMILES string of the molecule is CCCO[S-](=O)=S.[H-].[Na+]. The molecule has 0 atom stereocenters. The molecule has 0 aliphatic rings. The summed E-state index contributed by atoms with van der Waals surface area (Å²) in [5.74, 6) is 0. The first kappa shape index (κ1) is 12.0. The number of hydrogen-bond donors (Lipinski definition) is 0. The second-order valence-corrected chi connectivity index (χ2v) is 2.49. The van der Waals surface area contributed by atoms with Gasteiger partial charge >= 0.3 is 29.6 Å². The van der Waals surface area contributed by atoms with Crippen molar-refractivity contribution in [1.29, 1.82) is 0 Å². The predicted molar refractivity (Wildman–Crippen MR) is 32.8 cm³/mol. The van der Waals surface area contributed by atoms with Gasteiger partial charge in [-0.2, -0.15) is 0 Å². The standard InChI is InChI=1S/C3H7O2S2.Na.H/c1-2-3-5-7(4)6;;/h2-3H2,1H3;;/q-1;+1;-1. The molecule has 0 rings (SSSR count). The summed E-state index contributed by atoms with van der Waals surface area (Å²) < 4.78 is 14.4. The van der Waals surface area contributed by atoms with E-state index in [2.05, 4.69) is 15.4 Å². The van der Waals surface area contributed by atoms with Crippen LogP contribution >= 0.6 is 0 Å². The average Bonchev–Trinajstić information content (AvgIpc) is 1.61. The van der Waals surface area contributed by atoms with Crippen LogP contribution in [-0.4, -0.2) is 6.61 Å². The Hall–Kier alpha value is 1.33. The Morgan fingerprint density at radius 1 is 1.88 bits per heavy atom. The van der Waals surface area contributed by atoms with Gasteiger partial charge in [-0.1, -0.05) is 16.6 Å². The van der Waals surface area contributed by atoms with Crippen molar-refractivity contribution in [3.05, 3.63) is 0 Å². The number of hydrogen-bond acceptors (Lipinski definition) is 4. The third-order valence-electron chi connectivity index (χ3n) is 0.384. The fourth-order valence-electron chi connectivity index (χ4n) is 0.151. The smallest absolute Gasteiger partial charge is 1.00 e. The van der Waals surface area contributed by atoms with Gasteiger partial charge in [-0.25, -0.2) is 11.2 Å². The molecule has 0 aliphatic carbocycles. The maximum absolute atomic E-state index is 9.91. The maximum atomic E-state index is 9.91. The molecule has 0 aromatic rings. The third kappa shape index (κ3) is 10.3. The Morgan fingerprint density at radius 2 is 2.38 bits per heavy atom. The molecule has 0 spiro atoms. The predicted octanol–water partition coefficient (Wildman–Crippen LogP) is -2.13. The van der Waals surface area contributed by atoms with Crippen LogP contribution in [0, 0.1) is 0 Å². The molecular formula is C3H8NaO2S2-. The van der Waals surface area contributed by atoms with E-state index < -0.39 is 9.64 Å². The Morgan fingerprint density at radius 3 is 2.50 bits per heavy atom. The van der Waals surface area contributed by atoms with Crippen molar-refractivity contribution >= 4 is 20.8 Å². The molecule has 0 heterocycles. The molecule has 0 saturated heterocycles. The van der Waals surface area contributed by atoms with E-state index in [0.717, 1.165) is 6.42 Å². The summed E-state index contributed by atoms with van der Waals surface area (Å²) in [5, 5.41) is 0. The normalized spacial score (nSPS) is 8.75. The van der Waals surface area contributed by atoms with Crippen LogP contribution in [0.5, 0.6) is 0 Å². The molecular weight excluding hydrogens is 155 g/mol. The summed E-state index contributed by atoms with van der Waals surface area (Å²) in [6.07, 6.45) is 0.863. The maximum Gasteiger partial charge on any atom is 1.00 e. The summed E-state index contributed by atoms with van der Waals surface area (Å²) in [7, 11) is -1.48. The Balaban J connectivity index is -0.000000180. The molecule has 46 valence electrons. The second kappa shape index (κ2) is 8.33. The summed E-state index contributed by atoms with van der Waals surface area (Å²) in [4.78, 5) is 0. The van der Waals surface area contributed by atoms with Gasteiger partial charge in [0, 0.05) is 6.61 Å². The molecule has 5 heteroatoms. The van der Waals surface area contributed by atoms with Crippen LogP contribution in [0.2, 0.25) is 0 Å². The van der Waals surface area contributed by atoms with E-state index in [9.17, 15) is 4.21 Å². The van der Waals surface area contributed by atoms with Crippen LogP contribution < -0.4 is 29.6 Å². The van der Waals surface area contributed by atoms with Crippen LogP contribution in [0.1, 0.15) is 14.8 Å². The minimum absolute atomic E-state index is 0. The van der Waals surface area contributed by atoms with Crippen molar-refractivity contribution in [2.45, 2.75) is 13.3 Å². The molecule has 0 amide bonds. The fraction of sp³-hybridized carbons (Fsp3) is 1.00. The van der Waals surface area contributed by atoms with E-state index >= 15 is 0 Å². The van der Waals surface area contributed by atoms with Gasteiger partial charge in [-0.05, 0) is 6.42 Å². The van der Waals surface area contributed by atoms with Crippen molar-refractivity contribution in [2.75, 3.05) is 6.61 Å². The molecule has 0 bridgehead atoms. The Bertz CT molecular complexity index is 98.0. The minimum Gasteiger partial charge on any atom is -1.00 e. The first-order valence-corrected chi connectivity index (χ1v) is 4.00. The largest absolute Gasteiger partial charge is 1.00 e. The van der Waals surface area contributed by atoms with E-state index in [0.29, 0.717) is 6.61 Å². The van der Waals surface area contributed by atoms with Crippen molar-refractivity contribution in [3.8, 4) is 0 Å². The number of rotatable bonds is 3. The van der Waals surface area contributed by atoms with E-state index in [4.69, 9.17) is 0 Å². The van der Waals surface area contributed by atoms with Crippen LogP contribution in [-0.2, 0) is 29.2 Å². The quantitative estimate of drug-likeness (QED) is 0.351. The first-order valence-electron chi connectivity index (χ1n) is 2.00. The van der Waals surface area contributed by atoms with E-state index in [1.807, 2.05) is 6.92 Å². The van der Waals surface area contributed by atoms with Gasteiger partial charge < -0.3 is 9.82 Å². The van der Waals surface area contributed by atoms with Crippen LogP contribution in [0.4, 0.5) is 0 Å². The third-order valence-corrected chi connectivity index (χ3v) is 1.03. The summed E-state index contributed by atoms with van der Waals surface area (Å²) in [5.41, 5.74) is 0. The molecule has 0 saturated carbocycles. The molecule has 0 N–H and O–H groups in total. The second-order valence-electron chi connectivity index (χ2n) is 1.03. The van der Waals surface area contributed by atoms with Gasteiger partial charge in [0.25, 0.3) is 0 Å². The molecule has 0 fully saturated rings. The monoisotopic (exact) mass is 163 g/mol. The van der Waals surface area contributed by atoms with Crippen LogP contribution in [0.25, 0.3) is 0 Å². The molecule has 0 unspecified atom stereocenters. The molecule has 8 heavy (non-hydrogen) atoms. The van der Waals surface area contributed by atoms with Gasteiger partial charge in [0.2, 0.25) is 0 Å². The van der Waals surface area contributed by atoms with Crippen LogP contribution in [0.15, 0.2) is 0 Å². The first-order chi connectivity index (χ1) is 3.27. The van der Waals surface area contributed by atoms with E-state index in [-0.39, 0.29) is 31.0 Å². The molecule has 0 aliphatic heterocycles. The molecule has 0 radical (unpaired) electrons. The molecule has 0 aromatic carbocycles.